The van der Waals surface area contributed by atoms with Crippen LogP contribution in [0.3, 0.4) is 0 Å². The largest absolute Gasteiger partial charge is 0.450 e. The first-order valence-corrected chi connectivity index (χ1v) is 9.29. The lowest BCUT2D eigenvalue weighted by atomic mass is 9.80. The fraction of sp³-hybridized carbons (Fsp3) is 0.304. The molecule has 0 aromatic heterocycles. The third-order valence-corrected chi connectivity index (χ3v) is 5.57. The molecule has 2 atom stereocenters. The highest BCUT2D eigenvalue weighted by atomic mass is 16.6. The molecule has 2 aliphatic heterocycles. The Morgan fingerprint density at radius 2 is 1.74 bits per heavy atom. The summed E-state index contributed by atoms with van der Waals surface area (Å²) in [6.45, 7) is 4.70. The molecule has 2 aromatic rings. The van der Waals surface area contributed by atoms with Crippen LogP contribution in [0.2, 0.25) is 0 Å². The number of piperidine rings is 1. The van der Waals surface area contributed by atoms with E-state index in [1.807, 2.05) is 43.3 Å². The Balaban J connectivity index is 1.75. The van der Waals surface area contributed by atoms with Crippen LogP contribution in [0.5, 0.6) is 0 Å². The third-order valence-electron chi connectivity index (χ3n) is 5.57. The number of fused-ring (bicyclic) bond motifs is 1. The first-order chi connectivity index (χ1) is 13.0. The number of esters is 1. The summed E-state index contributed by atoms with van der Waals surface area (Å²) in [5.74, 6) is -0.685. The van der Waals surface area contributed by atoms with Gasteiger partial charge < -0.3 is 4.74 Å². The average Bonchev–Trinajstić information content (AvgIpc) is 2.91. The molecule has 0 saturated carbocycles. The van der Waals surface area contributed by atoms with Crippen LogP contribution in [0, 0.1) is 0 Å². The molecule has 27 heavy (non-hydrogen) atoms. The number of carbonyl (C=O) groups excluding carboxylic acids is 2. The lowest BCUT2D eigenvalue weighted by Crippen LogP contribution is -2.48. The van der Waals surface area contributed by atoms with Crippen LogP contribution in [0.15, 0.2) is 71.8 Å². The van der Waals surface area contributed by atoms with Gasteiger partial charge in [0.2, 0.25) is 0 Å². The molecule has 4 heteroatoms. The Bertz CT molecular complexity index is 904. The number of likely N-dealkylation sites (tertiary alicyclic amines) is 1. The number of benzene rings is 2. The van der Waals surface area contributed by atoms with Crippen LogP contribution >= 0.6 is 0 Å². The van der Waals surface area contributed by atoms with E-state index >= 15 is 0 Å². The van der Waals surface area contributed by atoms with Gasteiger partial charge in [0.05, 0.1) is 0 Å². The van der Waals surface area contributed by atoms with E-state index in [9.17, 15) is 9.59 Å². The molecular weight excluding hydrogens is 338 g/mol. The van der Waals surface area contributed by atoms with Crippen molar-refractivity contribution >= 4 is 11.8 Å². The smallest absolute Gasteiger partial charge is 0.342 e. The van der Waals surface area contributed by atoms with Crippen LogP contribution in [0.25, 0.3) is 0 Å². The number of Topliss-reactive ketones (excluding diaryl/α,β-unsaturated/α-hetero) is 1. The van der Waals surface area contributed by atoms with Crippen molar-refractivity contribution in [3.8, 4) is 0 Å². The molecule has 0 amide bonds. The number of hydrogen-bond donors (Lipinski definition) is 0. The predicted molar refractivity (Wildman–Crippen MR) is 103 cm³/mol. The zero-order chi connectivity index (χ0) is 19.0. The third kappa shape index (κ3) is 3.21. The van der Waals surface area contributed by atoms with Gasteiger partial charge >= 0.3 is 5.97 Å². The highest BCUT2D eigenvalue weighted by Gasteiger charge is 2.51. The van der Waals surface area contributed by atoms with Crippen LogP contribution < -0.4 is 0 Å². The lowest BCUT2D eigenvalue weighted by molar-refractivity contribution is -0.149. The lowest BCUT2D eigenvalue weighted by Gasteiger charge is -2.44. The number of rotatable bonds is 4. The minimum absolute atomic E-state index is 0.0957. The van der Waals surface area contributed by atoms with Crippen LogP contribution in [0.4, 0.5) is 0 Å². The van der Waals surface area contributed by atoms with Crippen molar-refractivity contribution in [2.45, 2.75) is 38.5 Å². The molecule has 1 saturated heterocycles. The fourth-order valence-electron chi connectivity index (χ4n) is 4.31. The van der Waals surface area contributed by atoms with Gasteiger partial charge in [-0.2, -0.15) is 0 Å². The topological polar surface area (TPSA) is 46.6 Å². The summed E-state index contributed by atoms with van der Waals surface area (Å²) in [7, 11) is 0. The minimum atomic E-state index is -0.738. The zero-order valence-corrected chi connectivity index (χ0v) is 15.6. The van der Waals surface area contributed by atoms with Crippen molar-refractivity contribution in [2.24, 2.45) is 0 Å². The average molecular weight is 361 g/mol. The molecule has 138 valence electrons. The van der Waals surface area contributed by atoms with E-state index in [-0.39, 0.29) is 17.4 Å². The standard InChI is InChI=1S/C23H23NO3/c1-16(25)21-19-13-20(18-11-7-4-8-12-18)24(14-17-9-5-3-6-10-17)15-23(19,2)27-22(21)26/h3-12,20H,13-15H2,1-2H3/t20-,23-/m0/s1. The molecule has 4 nitrogen and oxygen atoms in total. The van der Waals surface area contributed by atoms with E-state index in [0.717, 1.165) is 12.1 Å². The fourth-order valence-corrected chi connectivity index (χ4v) is 4.31. The van der Waals surface area contributed by atoms with Gasteiger partial charge in [-0.05, 0) is 37.0 Å². The zero-order valence-electron chi connectivity index (χ0n) is 15.6. The van der Waals surface area contributed by atoms with Crippen molar-refractivity contribution in [1.29, 1.82) is 0 Å². The van der Waals surface area contributed by atoms with Gasteiger partial charge in [0, 0.05) is 19.1 Å². The molecule has 0 unspecified atom stereocenters. The van der Waals surface area contributed by atoms with E-state index < -0.39 is 11.6 Å². The van der Waals surface area contributed by atoms with Crippen LogP contribution in [0.1, 0.15) is 37.4 Å². The van der Waals surface area contributed by atoms with Crippen LogP contribution in [-0.4, -0.2) is 28.8 Å². The second-order valence-electron chi connectivity index (χ2n) is 7.55. The number of carbonyl (C=O) groups is 2. The first kappa shape index (κ1) is 17.7. The quantitative estimate of drug-likeness (QED) is 0.613. The summed E-state index contributed by atoms with van der Waals surface area (Å²) in [4.78, 5) is 26.8. The highest BCUT2D eigenvalue weighted by molar-refractivity contribution is 6.18. The van der Waals surface area contributed by atoms with Gasteiger partial charge in [0.15, 0.2) is 5.78 Å². The second kappa shape index (κ2) is 6.78. The maximum atomic E-state index is 12.4. The van der Waals surface area contributed by atoms with Gasteiger partial charge in [-0.1, -0.05) is 60.7 Å². The Labute approximate surface area is 159 Å². The monoisotopic (exact) mass is 361 g/mol. The summed E-state index contributed by atoms with van der Waals surface area (Å²) >= 11 is 0. The molecule has 0 bridgehead atoms. The number of ether oxygens (including phenoxy) is 1. The Kier molecular flexibility index (Phi) is 4.44. The summed E-state index contributed by atoms with van der Waals surface area (Å²) in [6.07, 6.45) is 0.619. The van der Waals surface area contributed by atoms with Crippen LogP contribution in [-0.2, 0) is 20.9 Å². The summed E-state index contributed by atoms with van der Waals surface area (Å²) in [5.41, 5.74) is 2.75. The number of nitrogens with zero attached hydrogens (tertiary/aromatic N) is 1. The highest BCUT2D eigenvalue weighted by Crippen LogP contribution is 2.46. The number of ketones is 1. The maximum Gasteiger partial charge on any atom is 0.342 e. The van der Waals surface area contributed by atoms with Gasteiger partial charge in [-0.3, -0.25) is 9.69 Å². The van der Waals surface area contributed by atoms with Gasteiger partial charge in [-0.15, -0.1) is 0 Å². The van der Waals surface area contributed by atoms with Crippen molar-refractivity contribution < 1.29 is 14.3 Å². The van der Waals surface area contributed by atoms with E-state index in [0.29, 0.717) is 13.0 Å². The van der Waals surface area contributed by atoms with Crippen molar-refractivity contribution in [2.75, 3.05) is 6.54 Å². The summed E-state index contributed by atoms with van der Waals surface area (Å²) < 4.78 is 5.70. The van der Waals surface area contributed by atoms with Crippen molar-refractivity contribution in [3.63, 3.8) is 0 Å². The van der Waals surface area contributed by atoms with Gasteiger partial charge in [0.25, 0.3) is 0 Å². The predicted octanol–water partition coefficient (Wildman–Crippen LogP) is 3.83. The number of hydrogen-bond acceptors (Lipinski definition) is 4. The molecule has 0 aliphatic carbocycles. The van der Waals surface area contributed by atoms with E-state index in [1.165, 1.54) is 18.1 Å². The molecule has 2 heterocycles. The molecule has 2 aliphatic rings. The molecular formula is C23H23NO3. The minimum Gasteiger partial charge on any atom is -0.450 e. The molecule has 0 spiro atoms. The Hall–Kier alpha value is -2.72. The molecule has 1 fully saturated rings. The maximum absolute atomic E-state index is 12.4. The molecule has 2 aromatic carbocycles. The normalized spacial score (nSPS) is 25.3. The molecule has 4 rings (SSSR count). The molecule has 0 radical (unpaired) electrons. The van der Waals surface area contributed by atoms with Crippen molar-refractivity contribution in [1.82, 2.24) is 4.90 Å². The van der Waals surface area contributed by atoms with Gasteiger partial charge in [-0.25, -0.2) is 4.79 Å². The SMILES string of the molecule is CC(=O)C1=C2C[C@@H](c3ccccc3)N(Cc3ccccc3)C[C@]2(C)OC1=O. The van der Waals surface area contributed by atoms with Gasteiger partial charge in [0.1, 0.15) is 11.2 Å². The first-order valence-electron chi connectivity index (χ1n) is 9.29. The van der Waals surface area contributed by atoms with Crippen molar-refractivity contribution in [3.05, 3.63) is 82.9 Å². The van der Waals surface area contributed by atoms with E-state index in [2.05, 4.69) is 29.2 Å². The molecule has 0 N–H and O–H groups in total. The summed E-state index contributed by atoms with van der Waals surface area (Å²) in [6, 6.07) is 20.7. The van der Waals surface area contributed by atoms with E-state index in [1.54, 1.807) is 0 Å². The Morgan fingerprint density at radius 3 is 2.37 bits per heavy atom. The summed E-state index contributed by atoms with van der Waals surface area (Å²) in [5, 5.41) is 0. The second-order valence-corrected chi connectivity index (χ2v) is 7.55. The van der Waals surface area contributed by atoms with E-state index in [4.69, 9.17) is 4.74 Å². The Morgan fingerprint density at radius 1 is 1.11 bits per heavy atom.